The molecule has 1 saturated heterocycles. The highest BCUT2D eigenvalue weighted by molar-refractivity contribution is 6.29. The number of benzene rings is 1. The molecule has 0 bridgehead atoms. The van der Waals surface area contributed by atoms with Crippen molar-refractivity contribution in [2.24, 2.45) is 0 Å². The first-order valence-electron chi connectivity index (χ1n) is 7.11. The summed E-state index contributed by atoms with van der Waals surface area (Å²) < 4.78 is 10.5. The normalized spacial score (nSPS) is 18.1. The number of aromatic nitrogens is 1. The van der Waals surface area contributed by atoms with Crippen LogP contribution in [0.4, 0.5) is 5.69 Å². The SMILES string of the molecule is O=C1C/C(=C\c2ccccn2)C(=O)N1c1ccc2c(c1)OCO2. The molecule has 23 heavy (non-hydrogen) atoms. The van der Waals surface area contributed by atoms with E-state index >= 15 is 0 Å². The number of rotatable bonds is 2. The number of hydrogen-bond donors (Lipinski definition) is 0. The monoisotopic (exact) mass is 308 g/mol. The van der Waals surface area contributed by atoms with E-state index in [1.807, 2.05) is 6.07 Å². The van der Waals surface area contributed by atoms with Gasteiger partial charge in [-0.2, -0.15) is 0 Å². The quantitative estimate of drug-likeness (QED) is 0.628. The van der Waals surface area contributed by atoms with Crippen LogP contribution in [0.15, 0.2) is 48.2 Å². The smallest absolute Gasteiger partial charge is 0.261 e. The summed E-state index contributed by atoms with van der Waals surface area (Å²) in [6.07, 6.45) is 3.35. The Bertz CT molecular complexity index is 830. The van der Waals surface area contributed by atoms with Crippen LogP contribution in [0.3, 0.4) is 0 Å². The molecule has 3 heterocycles. The molecular formula is C17H12N2O4. The van der Waals surface area contributed by atoms with E-state index in [1.165, 1.54) is 0 Å². The molecule has 1 aromatic carbocycles. The molecular weight excluding hydrogens is 296 g/mol. The average Bonchev–Trinajstić information content (AvgIpc) is 3.13. The average molecular weight is 308 g/mol. The number of fused-ring (bicyclic) bond motifs is 1. The molecule has 4 rings (SSSR count). The van der Waals surface area contributed by atoms with E-state index in [2.05, 4.69) is 4.98 Å². The van der Waals surface area contributed by atoms with Crippen molar-refractivity contribution in [1.82, 2.24) is 4.98 Å². The van der Waals surface area contributed by atoms with E-state index in [1.54, 1.807) is 42.6 Å². The maximum atomic E-state index is 12.6. The van der Waals surface area contributed by atoms with Crippen molar-refractivity contribution in [3.8, 4) is 11.5 Å². The largest absolute Gasteiger partial charge is 0.454 e. The van der Waals surface area contributed by atoms with Gasteiger partial charge < -0.3 is 9.47 Å². The van der Waals surface area contributed by atoms with Gasteiger partial charge >= 0.3 is 0 Å². The fraction of sp³-hybridized carbons (Fsp3) is 0.118. The Kier molecular flexibility index (Phi) is 3.08. The van der Waals surface area contributed by atoms with Gasteiger partial charge in [0.25, 0.3) is 5.91 Å². The van der Waals surface area contributed by atoms with E-state index in [4.69, 9.17) is 9.47 Å². The van der Waals surface area contributed by atoms with Crippen LogP contribution in [-0.4, -0.2) is 23.6 Å². The molecule has 1 aromatic heterocycles. The summed E-state index contributed by atoms with van der Waals surface area (Å²) in [6, 6.07) is 10.4. The van der Waals surface area contributed by atoms with E-state index in [-0.39, 0.29) is 25.0 Å². The highest BCUT2D eigenvalue weighted by Gasteiger charge is 2.35. The first kappa shape index (κ1) is 13.5. The molecule has 0 aliphatic carbocycles. The molecule has 1 fully saturated rings. The Morgan fingerprint density at radius 2 is 1.96 bits per heavy atom. The Hall–Kier alpha value is -3.15. The van der Waals surface area contributed by atoms with Crippen LogP contribution >= 0.6 is 0 Å². The second-order valence-corrected chi connectivity index (χ2v) is 5.17. The minimum Gasteiger partial charge on any atom is -0.454 e. The lowest BCUT2D eigenvalue weighted by molar-refractivity contribution is -0.120. The van der Waals surface area contributed by atoms with Crippen LogP contribution in [0.25, 0.3) is 6.08 Å². The fourth-order valence-electron chi connectivity index (χ4n) is 2.61. The molecule has 2 aromatic rings. The van der Waals surface area contributed by atoms with Crippen molar-refractivity contribution in [1.29, 1.82) is 0 Å². The van der Waals surface area contributed by atoms with Crippen LogP contribution in [0, 0.1) is 0 Å². The lowest BCUT2D eigenvalue weighted by atomic mass is 10.2. The zero-order valence-corrected chi connectivity index (χ0v) is 12.1. The number of anilines is 1. The van der Waals surface area contributed by atoms with Gasteiger partial charge in [-0.05, 0) is 30.3 Å². The highest BCUT2D eigenvalue weighted by atomic mass is 16.7. The minimum atomic E-state index is -0.334. The molecule has 0 saturated carbocycles. The summed E-state index contributed by atoms with van der Waals surface area (Å²) in [6.45, 7) is 0.144. The Labute approximate surface area is 132 Å². The topological polar surface area (TPSA) is 68.7 Å². The summed E-state index contributed by atoms with van der Waals surface area (Å²) in [5.41, 5.74) is 1.55. The van der Waals surface area contributed by atoms with Crippen molar-refractivity contribution in [3.63, 3.8) is 0 Å². The van der Waals surface area contributed by atoms with Gasteiger partial charge in [-0.25, -0.2) is 4.90 Å². The van der Waals surface area contributed by atoms with Crippen molar-refractivity contribution in [2.75, 3.05) is 11.7 Å². The second-order valence-electron chi connectivity index (χ2n) is 5.17. The van der Waals surface area contributed by atoms with Gasteiger partial charge in [-0.15, -0.1) is 0 Å². The van der Waals surface area contributed by atoms with Crippen LogP contribution in [0.2, 0.25) is 0 Å². The zero-order chi connectivity index (χ0) is 15.8. The number of carbonyl (C=O) groups excluding carboxylic acids is 2. The number of carbonyl (C=O) groups is 2. The van der Waals surface area contributed by atoms with E-state index < -0.39 is 0 Å². The maximum absolute atomic E-state index is 12.6. The maximum Gasteiger partial charge on any atom is 0.261 e. The van der Waals surface area contributed by atoms with Crippen LogP contribution in [-0.2, 0) is 9.59 Å². The van der Waals surface area contributed by atoms with E-state index in [0.717, 1.165) is 4.90 Å². The Morgan fingerprint density at radius 3 is 2.78 bits per heavy atom. The molecule has 0 N–H and O–H groups in total. The van der Waals surface area contributed by atoms with Crippen LogP contribution < -0.4 is 14.4 Å². The van der Waals surface area contributed by atoms with Gasteiger partial charge in [0, 0.05) is 17.8 Å². The third kappa shape index (κ3) is 2.34. The molecule has 6 heteroatoms. The van der Waals surface area contributed by atoms with Crippen molar-refractivity contribution < 1.29 is 19.1 Å². The summed E-state index contributed by atoms with van der Waals surface area (Å²) in [7, 11) is 0. The lowest BCUT2D eigenvalue weighted by Gasteiger charge is -2.13. The number of ether oxygens (including phenoxy) is 2. The summed E-state index contributed by atoms with van der Waals surface area (Å²) in [4.78, 5) is 30.1. The molecule has 0 atom stereocenters. The molecule has 2 amide bonds. The number of hydrogen-bond acceptors (Lipinski definition) is 5. The van der Waals surface area contributed by atoms with Crippen LogP contribution in [0.5, 0.6) is 11.5 Å². The summed E-state index contributed by atoms with van der Waals surface area (Å²) in [5.74, 6) is 0.540. The second kappa shape index (κ2) is 5.24. The van der Waals surface area contributed by atoms with Crippen LogP contribution in [0.1, 0.15) is 12.1 Å². The minimum absolute atomic E-state index is 0.0594. The first-order chi connectivity index (χ1) is 11.2. The van der Waals surface area contributed by atoms with Gasteiger partial charge in [0.2, 0.25) is 12.7 Å². The number of amides is 2. The third-order valence-corrected chi connectivity index (χ3v) is 3.69. The molecule has 114 valence electrons. The number of pyridine rings is 1. The van der Waals surface area contributed by atoms with Crippen molar-refractivity contribution in [3.05, 3.63) is 53.9 Å². The predicted octanol–water partition coefficient (Wildman–Crippen LogP) is 2.16. The standard InChI is InChI=1S/C17H12N2O4/c20-16-8-11(7-12-3-1-2-6-18-12)17(21)19(16)13-4-5-14-15(9-13)23-10-22-14/h1-7,9H,8,10H2/b11-7+. The molecule has 0 unspecified atom stereocenters. The Morgan fingerprint density at radius 1 is 1.09 bits per heavy atom. The van der Waals surface area contributed by atoms with Gasteiger partial charge in [-0.3, -0.25) is 14.6 Å². The molecule has 2 aliphatic rings. The lowest BCUT2D eigenvalue weighted by Crippen LogP contribution is -2.28. The predicted molar refractivity (Wildman–Crippen MR) is 81.9 cm³/mol. The summed E-state index contributed by atoms with van der Waals surface area (Å²) >= 11 is 0. The first-order valence-corrected chi connectivity index (χ1v) is 7.11. The van der Waals surface area contributed by atoms with Gasteiger partial charge in [0.15, 0.2) is 11.5 Å². The van der Waals surface area contributed by atoms with Crippen molar-refractivity contribution in [2.45, 2.75) is 6.42 Å². The molecule has 0 radical (unpaired) electrons. The number of nitrogens with zero attached hydrogens (tertiary/aromatic N) is 2. The van der Waals surface area contributed by atoms with E-state index in [9.17, 15) is 9.59 Å². The van der Waals surface area contributed by atoms with Gasteiger partial charge in [0.05, 0.1) is 17.8 Å². The fourth-order valence-corrected chi connectivity index (χ4v) is 2.61. The van der Waals surface area contributed by atoms with Crippen molar-refractivity contribution >= 4 is 23.6 Å². The van der Waals surface area contributed by atoms with Gasteiger partial charge in [0.1, 0.15) is 0 Å². The summed E-state index contributed by atoms with van der Waals surface area (Å²) in [5, 5.41) is 0. The van der Waals surface area contributed by atoms with E-state index in [0.29, 0.717) is 28.5 Å². The third-order valence-electron chi connectivity index (χ3n) is 3.69. The highest BCUT2D eigenvalue weighted by Crippen LogP contribution is 2.37. The number of imide groups is 1. The Balaban J connectivity index is 1.67. The molecule has 0 spiro atoms. The van der Waals surface area contributed by atoms with Gasteiger partial charge in [-0.1, -0.05) is 6.07 Å². The zero-order valence-electron chi connectivity index (χ0n) is 12.1. The molecule has 2 aliphatic heterocycles. The molecule has 6 nitrogen and oxygen atoms in total.